The molecule has 3 rings (SSSR count). The third-order valence-electron chi connectivity index (χ3n) is 3.28. The average Bonchev–Trinajstić information content (AvgIpc) is 2.61. The summed E-state index contributed by atoms with van der Waals surface area (Å²) < 4.78 is 38.1. The van der Waals surface area contributed by atoms with E-state index in [0.29, 0.717) is 0 Å². The smallest absolute Gasteiger partial charge is 0.490 e. The van der Waals surface area contributed by atoms with Crippen LogP contribution in [0.5, 0.6) is 5.75 Å². The van der Waals surface area contributed by atoms with Gasteiger partial charge in [-0.15, -0.1) is 0 Å². The molecular formula is C18H13F3INO3. The number of hydrogen-bond donors (Lipinski definition) is 1. The molecule has 1 N–H and O–H groups in total. The Balaban J connectivity index is 0.000000298. The summed E-state index contributed by atoms with van der Waals surface area (Å²) in [5.74, 6) is -1.90. The van der Waals surface area contributed by atoms with Gasteiger partial charge in [-0.2, -0.15) is 13.2 Å². The third-order valence-corrected chi connectivity index (χ3v) is 4.11. The molecule has 0 aliphatic rings. The van der Waals surface area contributed by atoms with Crippen LogP contribution in [0.3, 0.4) is 0 Å². The van der Waals surface area contributed by atoms with Crippen LogP contribution in [0.4, 0.5) is 13.2 Å². The number of rotatable bonds is 2. The van der Waals surface area contributed by atoms with Crippen molar-refractivity contribution in [3.63, 3.8) is 0 Å². The van der Waals surface area contributed by atoms with E-state index in [1.54, 1.807) is 7.11 Å². The van der Waals surface area contributed by atoms with Crippen molar-refractivity contribution in [2.45, 2.75) is 6.18 Å². The molecule has 1 aromatic heterocycles. The van der Waals surface area contributed by atoms with Gasteiger partial charge in [0.25, 0.3) is 0 Å². The van der Waals surface area contributed by atoms with Crippen molar-refractivity contribution in [2.75, 3.05) is 7.11 Å². The number of para-hydroxylation sites is 1. The summed E-state index contributed by atoms with van der Waals surface area (Å²) in [4.78, 5) is 13.6. The lowest BCUT2D eigenvalue weighted by Gasteiger charge is -2.07. The summed E-state index contributed by atoms with van der Waals surface area (Å²) in [7, 11) is 1.67. The van der Waals surface area contributed by atoms with Crippen LogP contribution in [0.2, 0.25) is 0 Å². The molecular weight excluding hydrogens is 462 g/mol. The summed E-state index contributed by atoms with van der Waals surface area (Å²) in [5.41, 5.74) is 3.15. The molecule has 26 heavy (non-hydrogen) atoms. The molecule has 0 saturated heterocycles. The van der Waals surface area contributed by atoms with E-state index >= 15 is 0 Å². The molecule has 0 saturated carbocycles. The Morgan fingerprint density at radius 3 is 2.23 bits per heavy atom. The van der Waals surface area contributed by atoms with E-state index in [4.69, 9.17) is 19.6 Å². The highest BCUT2D eigenvalue weighted by molar-refractivity contribution is 14.1. The second kappa shape index (κ2) is 8.35. The van der Waals surface area contributed by atoms with Gasteiger partial charge in [-0.25, -0.2) is 9.78 Å². The van der Waals surface area contributed by atoms with E-state index in [1.165, 1.54) is 5.39 Å². The van der Waals surface area contributed by atoms with E-state index in [-0.39, 0.29) is 0 Å². The summed E-state index contributed by atoms with van der Waals surface area (Å²) >= 11 is 2.34. The maximum absolute atomic E-state index is 10.6. The van der Waals surface area contributed by atoms with Crippen LogP contribution in [0, 0.1) is 3.57 Å². The minimum Gasteiger partial charge on any atom is -0.497 e. The second-order valence-corrected chi connectivity index (χ2v) is 6.21. The monoisotopic (exact) mass is 475 g/mol. The van der Waals surface area contributed by atoms with Crippen LogP contribution >= 0.6 is 22.6 Å². The maximum Gasteiger partial charge on any atom is 0.490 e. The second-order valence-electron chi connectivity index (χ2n) is 5.04. The van der Waals surface area contributed by atoms with Crippen molar-refractivity contribution in [1.29, 1.82) is 0 Å². The number of carboxylic acid groups (broad SMARTS) is 1. The molecule has 4 nitrogen and oxygen atoms in total. The predicted octanol–water partition coefficient (Wildman–Crippen LogP) is 5.15. The van der Waals surface area contributed by atoms with Gasteiger partial charge >= 0.3 is 12.1 Å². The molecule has 0 fully saturated rings. The first-order chi connectivity index (χ1) is 12.2. The molecule has 0 aliphatic carbocycles. The zero-order valence-electron chi connectivity index (χ0n) is 13.4. The number of benzene rings is 2. The first-order valence-corrected chi connectivity index (χ1v) is 8.30. The summed E-state index contributed by atoms with van der Waals surface area (Å²) in [6.07, 6.45) is -5.08. The van der Waals surface area contributed by atoms with Crippen LogP contribution in [-0.2, 0) is 4.79 Å². The predicted molar refractivity (Wildman–Crippen MR) is 100 cm³/mol. The van der Waals surface area contributed by atoms with Gasteiger partial charge < -0.3 is 9.84 Å². The van der Waals surface area contributed by atoms with Crippen LogP contribution in [0.15, 0.2) is 54.6 Å². The standard InChI is InChI=1S/C16H12INO.C2HF3O2/c1-19-13-8-6-11(7-9-13)16-14(17)10-12-4-2-3-5-15(12)18-16;3-2(4,5)1(6)7/h2-10H,1H3;(H,6,7). The van der Waals surface area contributed by atoms with Gasteiger partial charge in [0.1, 0.15) is 5.75 Å². The number of hydrogen-bond acceptors (Lipinski definition) is 3. The number of aliphatic carboxylic acids is 1. The Labute approximate surface area is 160 Å². The molecule has 136 valence electrons. The first-order valence-electron chi connectivity index (χ1n) is 7.22. The van der Waals surface area contributed by atoms with E-state index in [1.807, 2.05) is 42.5 Å². The number of ether oxygens (including phenoxy) is 1. The van der Waals surface area contributed by atoms with Crippen LogP contribution < -0.4 is 4.74 Å². The number of halogens is 4. The molecule has 0 amide bonds. The summed E-state index contributed by atoms with van der Waals surface area (Å²) in [6.45, 7) is 0. The van der Waals surface area contributed by atoms with E-state index in [0.717, 1.165) is 26.1 Å². The molecule has 8 heteroatoms. The van der Waals surface area contributed by atoms with E-state index in [2.05, 4.69) is 34.7 Å². The topological polar surface area (TPSA) is 59.4 Å². The van der Waals surface area contributed by atoms with Crippen LogP contribution in [-0.4, -0.2) is 29.3 Å². The number of methoxy groups -OCH3 is 1. The molecule has 2 aromatic carbocycles. The fraction of sp³-hybridized carbons (Fsp3) is 0.111. The van der Waals surface area contributed by atoms with Gasteiger partial charge in [0.2, 0.25) is 0 Å². The van der Waals surface area contributed by atoms with Crippen molar-refractivity contribution in [3.8, 4) is 17.0 Å². The lowest BCUT2D eigenvalue weighted by atomic mass is 10.1. The number of carboxylic acids is 1. The normalized spacial score (nSPS) is 10.8. The van der Waals surface area contributed by atoms with Crippen LogP contribution in [0.1, 0.15) is 0 Å². The van der Waals surface area contributed by atoms with Gasteiger partial charge in [-0.1, -0.05) is 18.2 Å². The highest BCUT2D eigenvalue weighted by Gasteiger charge is 2.38. The summed E-state index contributed by atoms with van der Waals surface area (Å²) in [5, 5.41) is 8.30. The number of pyridine rings is 1. The SMILES string of the molecule is COc1ccc(-c2nc3ccccc3cc2I)cc1.O=C(O)C(F)(F)F. The number of aromatic nitrogens is 1. The number of fused-ring (bicyclic) bond motifs is 1. The molecule has 0 radical (unpaired) electrons. The Morgan fingerprint density at radius 1 is 1.12 bits per heavy atom. The van der Waals surface area contributed by atoms with Gasteiger partial charge in [0, 0.05) is 14.5 Å². The van der Waals surface area contributed by atoms with E-state index < -0.39 is 12.1 Å². The Kier molecular flexibility index (Phi) is 6.41. The van der Waals surface area contributed by atoms with Gasteiger partial charge in [0.15, 0.2) is 0 Å². The van der Waals surface area contributed by atoms with Crippen molar-refractivity contribution >= 4 is 39.5 Å². The van der Waals surface area contributed by atoms with E-state index in [9.17, 15) is 13.2 Å². The quantitative estimate of drug-likeness (QED) is 0.522. The largest absolute Gasteiger partial charge is 0.497 e. The van der Waals surface area contributed by atoms with Crippen molar-refractivity contribution in [2.24, 2.45) is 0 Å². The highest BCUT2D eigenvalue weighted by Crippen LogP contribution is 2.28. The Hall–Kier alpha value is -2.36. The zero-order chi connectivity index (χ0) is 19.3. The third kappa shape index (κ3) is 5.07. The maximum atomic E-state index is 10.6. The zero-order valence-corrected chi connectivity index (χ0v) is 15.6. The lowest BCUT2D eigenvalue weighted by molar-refractivity contribution is -0.192. The molecule has 0 aliphatic heterocycles. The minimum absolute atomic E-state index is 0.861. The van der Waals surface area contributed by atoms with Gasteiger partial charge in [0.05, 0.1) is 18.3 Å². The number of nitrogens with zero attached hydrogens (tertiary/aromatic N) is 1. The number of carbonyl (C=O) groups is 1. The molecule has 0 bridgehead atoms. The Bertz CT molecular complexity index is 912. The van der Waals surface area contributed by atoms with Crippen molar-refractivity contribution < 1.29 is 27.8 Å². The lowest BCUT2D eigenvalue weighted by Crippen LogP contribution is -2.21. The fourth-order valence-electron chi connectivity index (χ4n) is 2.04. The van der Waals surface area contributed by atoms with Crippen molar-refractivity contribution in [3.05, 3.63) is 58.2 Å². The Morgan fingerprint density at radius 2 is 1.69 bits per heavy atom. The first kappa shape index (κ1) is 20.0. The van der Waals surface area contributed by atoms with Crippen LogP contribution in [0.25, 0.3) is 22.2 Å². The number of alkyl halides is 3. The molecule has 3 aromatic rings. The molecule has 0 spiro atoms. The highest BCUT2D eigenvalue weighted by atomic mass is 127. The summed E-state index contributed by atoms with van der Waals surface area (Å²) in [6, 6.07) is 18.3. The average molecular weight is 475 g/mol. The molecule has 0 unspecified atom stereocenters. The van der Waals surface area contributed by atoms with Crippen molar-refractivity contribution in [1.82, 2.24) is 4.98 Å². The fourth-order valence-corrected chi connectivity index (χ4v) is 2.81. The molecule has 1 heterocycles. The molecule has 0 atom stereocenters. The minimum atomic E-state index is -5.08. The van der Waals surface area contributed by atoms with Gasteiger partial charge in [-0.05, 0) is 59.0 Å². The van der Waals surface area contributed by atoms with Gasteiger partial charge in [-0.3, -0.25) is 0 Å².